The van der Waals surface area contributed by atoms with E-state index in [0.717, 1.165) is 44.7 Å². The molecule has 2 rings (SSSR count). The third kappa shape index (κ3) is 4.39. The number of nitrogens with zero attached hydrogens (tertiary/aromatic N) is 1. The average molecular weight is 282 g/mol. The fourth-order valence-electron chi connectivity index (χ4n) is 3.11. The standard InChI is InChI=1S/C15H26N2O3/c1-2-3-11-6-8-17(9-7-11)15(20)16-13(10-14(18)19)12-4-5-12/h11-13H,2-10H2,1H3,(H,16,20)(H,18,19). The van der Waals surface area contributed by atoms with Gasteiger partial charge in [0.25, 0.3) is 0 Å². The minimum atomic E-state index is -0.830. The van der Waals surface area contributed by atoms with Crippen LogP contribution in [0.5, 0.6) is 0 Å². The summed E-state index contributed by atoms with van der Waals surface area (Å²) >= 11 is 0. The number of carboxylic acids is 1. The van der Waals surface area contributed by atoms with Gasteiger partial charge in [-0.25, -0.2) is 4.79 Å². The van der Waals surface area contributed by atoms with Gasteiger partial charge in [-0.1, -0.05) is 19.8 Å². The van der Waals surface area contributed by atoms with Crippen LogP contribution in [0, 0.1) is 11.8 Å². The number of hydrogen-bond acceptors (Lipinski definition) is 2. The van der Waals surface area contributed by atoms with Crippen LogP contribution in [0.1, 0.15) is 51.9 Å². The summed E-state index contributed by atoms with van der Waals surface area (Å²) in [5.74, 6) is 0.291. The zero-order valence-corrected chi connectivity index (χ0v) is 12.3. The van der Waals surface area contributed by atoms with Crippen LogP contribution in [0.3, 0.4) is 0 Å². The Morgan fingerprint density at radius 3 is 2.40 bits per heavy atom. The molecule has 1 aliphatic carbocycles. The third-order valence-electron chi connectivity index (χ3n) is 4.49. The van der Waals surface area contributed by atoms with Crippen molar-refractivity contribution in [3.63, 3.8) is 0 Å². The molecule has 1 saturated carbocycles. The van der Waals surface area contributed by atoms with Gasteiger partial charge in [0.05, 0.1) is 6.42 Å². The number of hydrogen-bond donors (Lipinski definition) is 2. The first-order valence-corrected chi connectivity index (χ1v) is 7.87. The number of aliphatic carboxylic acids is 1. The predicted molar refractivity (Wildman–Crippen MR) is 76.5 cm³/mol. The second-order valence-corrected chi connectivity index (χ2v) is 6.21. The van der Waals surface area contributed by atoms with E-state index in [0.29, 0.717) is 5.92 Å². The second-order valence-electron chi connectivity index (χ2n) is 6.21. The van der Waals surface area contributed by atoms with Gasteiger partial charge in [-0.3, -0.25) is 4.79 Å². The Morgan fingerprint density at radius 2 is 1.90 bits per heavy atom. The lowest BCUT2D eigenvalue weighted by Crippen LogP contribution is -2.49. The van der Waals surface area contributed by atoms with Gasteiger partial charge in [0.2, 0.25) is 0 Å². The summed E-state index contributed by atoms with van der Waals surface area (Å²) < 4.78 is 0. The molecule has 2 amide bonds. The molecule has 5 nitrogen and oxygen atoms in total. The van der Waals surface area contributed by atoms with Crippen molar-refractivity contribution in [1.29, 1.82) is 0 Å². The fourth-order valence-corrected chi connectivity index (χ4v) is 3.11. The number of amides is 2. The number of urea groups is 1. The highest BCUT2D eigenvalue weighted by atomic mass is 16.4. The second kappa shape index (κ2) is 6.95. The zero-order chi connectivity index (χ0) is 14.5. The summed E-state index contributed by atoms with van der Waals surface area (Å²) in [4.78, 5) is 24.9. The first-order chi connectivity index (χ1) is 9.60. The predicted octanol–water partition coefficient (Wildman–Crippen LogP) is 2.46. The van der Waals surface area contributed by atoms with Crippen molar-refractivity contribution >= 4 is 12.0 Å². The SMILES string of the molecule is CCCC1CCN(C(=O)NC(CC(=O)O)C2CC2)CC1. The molecule has 1 heterocycles. The maximum atomic E-state index is 12.2. The first kappa shape index (κ1) is 15.1. The molecule has 0 aromatic heterocycles. The number of carboxylic acid groups (broad SMARTS) is 1. The van der Waals surface area contributed by atoms with E-state index in [2.05, 4.69) is 12.2 Å². The third-order valence-corrected chi connectivity index (χ3v) is 4.49. The highest BCUT2D eigenvalue weighted by molar-refractivity contribution is 5.76. The molecule has 0 spiro atoms. The summed E-state index contributed by atoms with van der Waals surface area (Å²) in [6.45, 7) is 3.81. The monoisotopic (exact) mass is 282 g/mol. The van der Waals surface area contributed by atoms with Crippen LogP contribution in [0.25, 0.3) is 0 Å². The number of nitrogens with one attached hydrogen (secondary N) is 1. The van der Waals surface area contributed by atoms with Crippen molar-refractivity contribution in [2.75, 3.05) is 13.1 Å². The van der Waals surface area contributed by atoms with E-state index in [1.165, 1.54) is 12.8 Å². The van der Waals surface area contributed by atoms with E-state index < -0.39 is 5.97 Å². The number of carbonyl (C=O) groups excluding carboxylic acids is 1. The van der Waals surface area contributed by atoms with Gasteiger partial charge in [-0.05, 0) is 37.5 Å². The van der Waals surface area contributed by atoms with Gasteiger partial charge in [0.15, 0.2) is 0 Å². The fraction of sp³-hybridized carbons (Fsp3) is 0.867. The quantitative estimate of drug-likeness (QED) is 0.786. The highest BCUT2D eigenvalue weighted by Crippen LogP contribution is 2.34. The average Bonchev–Trinajstić information content (AvgIpc) is 3.23. The van der Waals surface area contributed by atoms with Gasteiger partial charge < -0.3 is 15.3 Å². The van der Waals surface area contributed by atoms with Gasteiger partial charge >= 0.3 is 12.0 Å². The lowest BCUT2D eigenvalue weighted by atomic mass is 9.93. The molecule has 0 radical (unpaired) electrons. The van der Waals surface area contributed by atoms with E-state index in [9.17, 15) is 9.59 Å². The molecular weight excluding hydrogens is 256 g/mol. The summed E-state index contributed by atoms with van der Waals surface area (Å²) in [7, 11) is 0. The highest BCUT2D eigenvalue weighted by Gasteiger charge is 2.35. The van der Waals surface area contributed by atoms with E-state index in [1.54, 1.807) is 0 Å². The first-order valence-electron chi connectivity index (χ1n) is 7.87. The zero-order valence-electron chi connectivity index (χ0n) is 12.3. The molecule has 0 aromatic carbocycles. The number of likely N-dealkylation sites (tertiary alicyclic amines) is 1. The van der Waals surface area contributed by atoms with Crippen molar-refractivity contribution in [3.05, 3.63) is 0 Å². The van der Waals surface area contributed by atoms with Gasteiger partial charge in [-0.15, -0.1) is 0 Å². The Morgan fingerprint density at radius 1 is 1.25 bits per heavy atom. The molecule has 114 valence electrons. The number of rotatable bonds is 6. The van der Waals surface area contributed by atoms with E-state index >= 15 is 0 Å². The number of carbonyl (C=O) groups is 2. The Hall–Kier alpha value is -1.26. The smallest absolute Gasteiger partial charge is 0.317 e. The largest absolute Gasteiger partial charge is 0.481 e. The summed E-state index contributed by atoms with van der Waals surface area (Å²) in [5.41, 5.74) is 0. The Kier molecular flexibility index (Phi) is 5.26. The normalized spacial score (nSPS) is 21.6. The van der Waals surface area contributed by atoms with E-state index in [-0.39, 0.29) is 18.5 Å². The van der Waals surface area contributed by atoms with Crippen molar-refractivity contribution in [1.82, 2.24) is 10.2 Å². The van der Waals surface area contributed by atoms with Crippen LogP contribution < -0.4 is 5.32 Å². The Balaban J connectivity index is 1.77. The van der Waals surface area contributed by atoms with Gasteiger partial charge in [0.1, 0.15) is 0 Å². The van der Waals surface area contributed by atoms with Crippen LogP contribution in [-0.4, -0.2) is 41.1 Å². The number of piperidine rings is 1. The van der Waals surface area contributed by atoms with Crippen molar-refractivity contribution in [2.45, 2.75) is 57.9 Å². The molecule has 2 fully saturated rings. The lowest BCUT2D eigenvalue weighted by Gasteiger charge is -2.33. The molecule has 0 bridgehead atoms. The summed E-state index contributed by atoms with van der Waals surface area (Å²) in [6, 6.07) is -0.258. The van der Waals surface area contributed by atoms with Gasteiger partial charge in [-0.2, -0.15) is 0 Å². The molecule has 1 saturated heterocycles. The summed E-state index contributed by atoms with van der Waals surface area (Å²) in [6.07, 6.45) is 6.73. The van der Waals surface area contributed by atoms with Crippen molar-refractivity contribution in [3.8, 4) is 0 Å². The molecule has 20 heavy (non-hydrogen) atoms. The molecule has 5 heteroatoms. The molecule has 0 aromatic rings. The van der Waals surface area contributed by atoms with Crippen molar-refractivity contribution in [2.24, 2.45) is 11.8 Å². The molecular formula is C15H26N2O3. The van der Waals surface area contributed by atoms with Crippen LogP contribution >= 0.6 is 0 Å². The van der Waals surface area contributed by atoms with Crippen LogP contribution in [-0.2, 0) is 4.79 Å². The van der Waals surface area contributed by atoms with E-state index in [4.69, 9.17) is 5.11 Å². The maximum absolute atomic E-state index is 12.2. The molecule has 1 aliphatic heterocycles. The topological polar surface area (TPSA) is 69.6 Å². The van der Waals surface area contributed by atoms with Crippen LogP contribution in [0.2, 0.25) is 0 Å². The minimum Gasteiger partial charge on any atom is -0.481 e. The molecule has 2 aliphatic rings. The maximum Gasteiger partial charge on any atom is 0.317 e. The Labute approximate surface area is 120 Å². The molecule has 1 unspecified atom stereocenters. The molecule has 1 atom stereocenters. The lowest BCUT2D eigenvalue weighted by molar-refractivity contribution is -0.137. The van der Waals surface area contributed by atoms with Gasteiger partial charge in [0, 0.05) is 19.1 Å². The Bertz CT molecular complexity index is 347. The van der Waals surface area contributed by atoms with E-state index in [1.807, 2.05) is 4.90 Å². The minimum absolute atomic E-state index is 0.0444. The summed E-state index contributed by atoms with van der Waals surface area (Å²) in [5, 5.41) is 11.8. The van der Waals surface area contributed by atoms with Crippen molar-refractivity contribution < 1.29 is 14.7 Å². The van der Waals surface area contributed by atoms with Crippen LogP contribution in [0.4, 0.5) is 4.79 Å². The van der Waals surface area contributed by atoms with Crippen LogP contribution in [0.15, 0.2) is 0 Å². The molecule has 2 N–H and O–H groups in total.